The number of hydrogen-bond acceptors (Lipinski definition) is 5. The monoisotopic (exact) mass is 347 g/mol. The van der Waals surface area contributed by atoms with Gasteiger partial charge in [0.1, 0.15) is 0 Å². The third-order valence-corrected chi connectivity index (χ3v) is 3.88. The summed E-state index contributed by atoms with van der Waals surface area (Å²) in [7, 11) is 1.84. The molecular formula is C16H18ClN5O2. The van der Waals surface area contributed by atoms with Crippen molar-refractivity contribution in [2.75, 3.05) is 5.32 Å². The van der Waals surface area contributed by atoms with Gasteiger partial charge >= 0.3 is 0 Å². The number of amides is 1. The zero-order chi connectivity index (χ0) is 17.1. The number of halogens is 1. The molecule has 7 nitrogen and oxygen atoms in total. The molecule has 0 fully saturated rings. The van der Waals surface area contributed by atoms with E-state index in [1.807, 2.05) is 24.6 Å². The van der Waals surface area contributed by atoms with Crippen LogP contribution in [0.15, 0.2) is 22.7 Å². The highest BCUT2D eigenvalue weighted by molar-refractivity contribution is 6.31. The molecule has 3 rings (SSSR count). The molecule has 8 heteroatoms. The number of nitrogens with zero attached hydrogens (tertiary/aromatic N) is 4. The van der Waals surface area contributed by atoms with Crippen molar-refractivity contribution in [3.05, 3.63) is 34.9 Å². The smallest absolute Gasteiger partial charge is 0.227 e. The van der Waals surface area contributed by atoms with Crippen molar-refractivity contribution < 1.29 is 9.32 Å². The molecule has 0 aliphatic carbocycles. The lowest BCUT2D eigenvalue weighted by Gasteiger charge is -2.04. The summed E-state index contributed by atoms with van der Waals surface area (Å²) in [6.45, 7) is 2.05. The number of hydrogen-bond donors (Lipinski definition) is 1. The molecule has 3 aromatic rings. The van der Waals surface area contributed by atoms with Crippen molar-refractivity contribution in [3.63, 3.8) is 0 Å². The SMILES string of the molecule is CCCc1noc(CCC(=O)Nc2nc3cc(Cl)ccc3n2C)n1. The number of imidazole rings is 1. The Morgan fingerprint density at radius 3 is 2.96 bits per heavy atom. The van der Waals surface area contributed by atoms with Gasteiger partial charge in [-0.3, -0.25) is 10.1 Å². The molecule has 2 aromatic heterocycles. The molecular weight excluding hydrogens is 330 g/mol. The minimum absolute atomic E-state index is 0.158. The van der Waals surface area contributed by atoms with Crippen LogP contribution < -0.4 is 5.32 Å². The number of anilines is 1. The lowest BCUT2D eigenvalue weighted by atomic mass is 10.3. The molecule has 0 aliphatic heterocycles. The summed E-state index contributed by atoms with van der Waals surface area (Å²) in [5, 5.41) is 7.28. The highest BCUT2D eigenvalue weighted by atomic mass is 35.5. The van der Waals surface area contributed by atoms with Crippen LogP contribution in [0.2, 0.25) is 5.02 Å². The molecule has 0 bridgehead atoms. The lowest BCUT2D eigenvalue weighted by molar-refractivity contribution is -0.116. The van der Waals surface area contributed by atoms with Gasteiger partial charge in [0.15, 0.2) is 5.82 Å². The summed E-state index contributed by atoms with van der Waals surface area (Å²) in [6, 6.07) is 5.43. The van der Waals surface area contributed by atoms with Gasteiger partial charge in [-0.2, -0.15) is 4.98 Å². The molecule has 0 radical (unpaired) electrons. The van der Waals surface area contributed by atoms with Crippen LogP contribution >= 0.6 is 11.6 Å². The number of carbonyl (C=O) groups excluding carboxylic acids is 1. The van der Waals surface area contributed by atoms with Crippen LogP contribution in [0, 0.1) is 0 Å². The number of nitrogens with one attached hydrogen (secondary N) is 1. The molecule has 1 N–H and O–H groups in total. The molecule has 1 amide bonds. The molecule has 0 spiro atoms. The number of aryl methyl sites for hydroxylation is 3. The van der Waals surface area contributed by atoms with E-state index in [2.05, 4.69) is 20.4 Å². The fourth-order valence-corrected chi connectivity index (χ4v) is 2.58. The highest BCUT2D eigenvalue weighted by Crippen LogP contribution is 2.21. The van der Waals surface area contributed by atoms with Crippen LogP contribution in [-0.2, 0) is 24.7 Å². The topological polar surface area (TPSA) is 85.8 Å². The van der Waals surface area contributed by atoms with Gasteiger partial charge in [0.05, 0.1) is 11.0 Å². The van der Waals surface area contributed by atoms with Crippen molar-refractivity contribution in [2.45, 2.75) is 32.6 Å². The molecule has 126 valence electrons. The number of rotatable bonds is 6. The molecule has 24 heavy (non-hydrogen) atoms. The van der Waals surface area contributed by atoms with E-state index in [-0.39, 0.29) is 12.3 Å². The van der Waals surface area contributed by atoms with Gasteiger partial charge in [-0.05, 0) is 24.6 Å². The van der Waals surface area contributed by atoms with Crippen molar-refractivity contribution in [1.29, 1.82) is 0 Å². The highest BCUT2D eigenvalue weighted by Gasteiger charge is 2.13. The third-order valence-electron chi connectivity index (χ3n) is 3.64. The standard InChI is InChI=1S/C16H18ClN5O2/c1-3-4-13-19-15(24-21-13)8-7-14(23)20-16-18-11-9-10(17)5-6-12(11)22(16)2/h5-6,9H,3-4,7-8H2,1-2H3,(H,18,20,23). The van der Waals surface area contributed by atoms with Crippen LogP contribution in [0.5, 0.6) is 0 Å². The predicted molar refractivity (Wildman–Crippen MR) is 91.0 cm³/mol. The van der Waals surface area contributed by atoms with Gasteiger partial charge in [0, 0.05) is 31.3 Å². The minimum atomic E-state index is -0.158. The first-order valence-corrected chi connectivity index (χ1v) is 8.18. The molecule has 0 aliphatic rings. The summed E-state index contributed by atoms with van der Waals surface area (Å²) in [6.07, 6.45) is 2.38. The van der Waals surface area contributed by atoms with Gasteiger partial charge < -0.3 is 9.09 Å². The van der Waals surface area contributed by atoms with Gasteiger partial charge in [-0.25, -0.2) is 4.98 Å². The van der Waals surface area contributed by atoms with Crippen molar-refractivity contribution in [1.82, 2.24) is 19.7 Å². The van der Waals surface area contributed by atoms with E-state index in [0.717, 1.165) is 23.9 Å². The Balaban J connectivity index is 1.63. The van der Waals surface area contributed by atoms with Crippen molar-refractivity contribution >= 4 is 34.5 Å². The van der Waals surface area contributed by atoms with Crippen LogP contribution in [0.1, 0.15) is 31.5 Å². The fraction of sp³-hybridized carbons (Fsp3) is 0.375. The Bertz CT molecular complexity index is 871. The maximum absolute atomic E-state index is 12.1. The number of carbonyl (C=O) groups is 1. The Morgan fingerprint density at radius 1 is 1.33 bits per heavy atom. The van der Waals surface area contributed by atoms with Gasteiger partial charge in [-0.1, -0.05) is 23.7 Å². The van der Waals surface area contributed by atoms with Gasteiger partial charge in [0.2, 0.25) is 17.7 Å². The lowest BCUT2D eigenvalue weighted by Crippen LogP contribution is -2.15. The van der Waals surface area contributed by atoms with Crippen molar-refractivity contribution in [2.24, 2.45) is 7.05 Å². The quantitative estimate of drug-likeness (QED) is 0.740. The summed E-state index contributed by atoms with van der Waals surface area (Å²) in [5.74, 6) is 1.48. The third kappa shape index (κ3) is 3.56. The Hall–Kier alpha value is -2.41. The first-order chi connectivity index (χ1) is 11.6. The first-order valence-electron chi connectivity index (χ1n) is 7.80. The summed E-state index contributed by atoms with van der Waals surface area (Å²) in [4.78, 5) is 20.8. The first kappa shape index (κ1) is 16.4. The zero-order valence-electron chi connectivity index (χ0n) is 13.5. The second kappa shape index (κ2) is 7.00. The molecule has 0 atom stereocenters. The molecule has 0 unspecified atom stereocenters. The number of benzene rings is 1. The number of fused-ring (bicyclic) bond motifs is 1. The van der Waals surface area contributed by atoms with Crippen LogP contribution in [-0.4, -0.2) is 25.6 Å². The maximum atomic E-state index is 12.1. The maximum Gasteiger partial charge on any atom is 0.227 e. The zero-order valence-corrected chi connectivity index (χ0v) is 14.3. The van der Waals surface area contributed by atoms with E-state index in [9.17, 15) is 4.79 Å². The fourth-order valence-electron chi connectivity index (χ4n) is 2.41. The predicted octanol–water partition coefficient (Wildman–Crippen LogP) is 3.13. The second-order valence-electron chi connectivity index (χ2n) is 5.53. The van der Waals surface area contributed by atoms with E-state index < -0.39 is 0 Å². The second-order valence-corrected chi connectivity index (χ2v) is 5.97. The Morgan fingerprint density at radius 2 is 2.17 bits per heavy atom. The van der Waals surface area contributed by atoms with Crippen molar-refractivity contribution in [3.8, 4) is 0 Å². The van der Waals surface area contributed by atoms with Gasteiger partial charge in [-0.15, -0.1) is 0 Å². The molecule has 0 saturated carbocycles. The normalized spacial score (nSPS) is 11.1. The average Bonchev–Trinajstić information content (AvgIpc) is 3.11. The summed E-state index contributed by atoms with van der Waals surface area (Å²) < 4.78 is 6.94. The minimum Gasteiger partial charge on any atom is -0.339 e. The van der Waals surface area contributed by atoms with E-state index >= 15 is 0 Å². The molecule has 1 aromatic carbocycles. The Kier molecular flexibility index (Phi) is 4.80. The molecule has 2 heterocycles. The van der Waals surface area contributed by atoms with E-state index in [1.165, 1.54) is 0 Å². The van der Waals surface area contributed by atoms with Gasteiger partial charge in [0.25, 0.3) is 0 Å². The van der Waals surface area contributed by atoms with Crippen LogP contribution in [0.25, 0.3) is 11.0 Å². The van der Waals surface area contributed by atoms with Crippen LogP contribution in [0.3, 0.4) is 0 Å². The Labute approximate surface area is 144 Å². The summed E-state index contributed by atoms with van der Waals surface area (Å²) >= 11 is 5.97. The van der Waals surface area contributed by atoms with E-state index in [0.29, 0.717) is 29.1 Å². The summed E-state index contributed by atoms with van der Waals surface area (Å²) in [5.41, 5.74) is 1.64. The van der Waals surface area contributed by atoms with Crippen LogP contribution in [0.4, 0.5) is 5.95 Å². The van der Waals surface area contributed by atoms with E-state index in [1.54, 1.807) is 12.1 Å². The average molecular weight is 348 g/mol. The molecule has 0 saturated heterocycles. The van der Waals surface area contributed by atoms with E-state index in [4.69, 9.17) is 16.1 Å². The number of aromatic nitrogens is 4. The largest absolute Gasteiger partial charge is 0.339 e.